The second kappa shape index (κ2) is 8.20. The van der Waals surface area contributed by atoms with Crippen molar-refractivity contribution in [2.75, 3.05) is 35.2 Å². The standard InChI is InChI=1S/C23H21FN6OS/c24-16-2-1-8-29(13-16)20-6-4-15(12-27-20)22-28-19-7-9-30(23(31)21(19)32-22)17-5-3-14(11-25)18(26)10-17/h3-6,10,12,16H,1-2,7-9,13,26H2/t16-/m0/s1. The highest BCUT2D eigenvalue weighted by atomic mass is 32.1. The molecule has 162 valence electrons. The number of anilines is 3. The summed E-state index contributed by atoms with van der Waals surface area (Å²) in [4.78, 5) is 26.6. The molecule has 5 rings (SSSR count). The van der Waals surface area contributed by atoms with Crippen LogP contribution in [-0.4, -0.2) is 41.7 Å². The minimum Gasteiger partial charge on any atom is -0.398 e. The first-order valence-corrected chi connectivity index (χ1v) is 11.3. The van der Waals surface area contributed by atoms with E-state index in [-0.39, 0.29) is 5.91 Å². The van der Waals surface area contributed by atoms with Crippen LogP contribution in [0.4, 0.5) is 21.6 Å². The van der Waals surface area contributed by atoms with Gasteiger partial charge in [-0.25, -0.2) is 14.4 Å². The Labute approximate surface area is 188 Å². The highest BCUT2D eigenvalue weighted by Gasteiger charge is 2.30. The lowest BCUT2D eigenvalue weighted by Gasteiger charge is -2.29. The van der Waals surface area contributed by atoms with Gasteiger partial charge in [-0.05, 0) is 43.2 Å². The Bertz CT molecular complexity index is 1220. The maximum atomic E-state index is 13.7. The lowest BCUT2D eigenvalue weighted by Crippen LogP contribution is -2.37. The third-order valence-corrected chi connectivity index (χ3v) is 6.99. The number of nitrogens with zero attached hydrogens (tertiary/aromatic N) is 5. The molecule has 1 fully saturated rings. The van der Waals surface area contributed by atoms with E-state index in [1.165, 1.54) is 11.3 Å². The molecule has 3 aromatic rings. The SMILES string of the molecule is N#Cc1ccc(N2CCc3nc(-c4ccc(N5CCC[C@H](F)C5)nc4)sc3C2=O)cc1N. The fourth-order valence-electron chi connectivity index (χ4n) is 4.15. The van der Waals surface area contributed by atoms with Crippen molar-refractivity contribution in [3.8, 4) is 16.6 Å². The lowest BCUT2D eigenvalue weighted by atomic mass is 10.1. The molecule has 2 N–H and O–H groups in total. The molecule has 2 aliphatic rings. The van der Waals surface area contributed by atoms with Gasteiger partial charge in [-0.1, -0.05) is 0 Å². The monoisotopic (exact) mass is 448 g/mol. The number of nitrogen functional groups attached to an aromatic ring is 1. The summed E-state index contributed by atoms with van der Waals surface area (Å²) in [6.07, 6.45) is 3.00. The van der Waals surface area contributed by atoms with Gasteiger partial charge in [-0.2, -0.15) is 5.26 Å². The lowest BCUT2D eigenvalue weighted by molar-refractivity contribution is 0.0984. The number of alkyl halides is 1. The molecule has 1 saturated heterocycles. The minimum atomic E-state index is -0.809. The number of nitriles is 1. The maximum Gasteiger partial charge on any atom is 0.270 e. The molecule has 4 heterocycles. The van der Waals surface area contributed by atoms with Gasteiger partial charge in [0.15, 0.2) is 0 Å². The summed E-state index contributed by atoms with van der Waals surface area (Å²) in [5.74, 6) is 0.643. The smallest absolute Gasteiger partial charge is 0.270 e. The number of pyridine rings is 1. The number of aromatic nitrogens is 2. The van der Waals surface area contributed by atoms with Crippen molar-refractivity contribution in [3.05, 3.63) is 52.7 Å². The summed E-state index contributed by atoms with van der Waals surface area (Å²) in [5.41, 5.74) is 8.97. The number of fused-ring (bicyclic) bond motifs is 1. The zero-order valence-corrected chi connectivity index (χ0v) is 18.1. The number of piperidine rings is 1. The third-order valence-electron chi connectivity index (χ3n) is 5.86. The molecule has 1 amide bonds. The van der Waals surface area contributed by atoms with Gasteiger partial charge >= 0.3 is 0 Å². The van der Waals surface area contributed by atoms with E-state index in [0.717, 1.165) is 35.0 Å². The van der Waals surface area contributed by atoms with Crippen molar-refractivity contribution >= 4 is 34.4 Å². The number of hydrogen-bond donors (Lipinski definition) is 1. The van der Waals surface area contributed by atoms with Gasteiger partial charge in [0.1, 0.15) is 27.9 Å². The number of carbonyl (C=O) groups is 1. The van der Waals surface area contributed by atoms with E-state index in [1.807, 2.05) is 23.1 Å². The van der Waals surface area contributed by atoms with Crippen LogP contribution in [0.5, 0.6) is 0 Å². The van der Waals surface area contributed by atoms with Gasteiger partial charge in [-0.3, -0.25) is 4.79 Å². The predicted octanol–water partition coefficient (Wildman–Crippen LogP) is 3.80. The van der Waals surface area contributed by atoms with Gasteiger partial charge in [0.25, 0.3) is 5.91 Å². The molecule has 1 aromatic carbocycles. The number of hydrogen-bond acceptors (Lipinski definition) is 7. The molecule has 1 atom stereocenters. The average molecular weight is 449 g/mol. The second-order valence-electron chi connectivity index (χ2n) is 7.98. The predicted molar refractivity (Wildman–Crippen MR) is 123 cm³/mol. The van der Waals surface area contributed by atoms with E-state index in [4.69, 9.17) is 11.0 Å². The quantitative estimate of drug-likeness (QED) is 0.612. The summed E-state index contributed by atoms with van der Waals surface area (Å²) in [6.45, 7) is 1.68. The number of halogens is 1. The number of benzene rings is 1. The molecule has 2 aromatic heterocycles. The first kappa shape index (κ1) is 20.4. The molecule has 0 bridgehead atoms. The van der Waals surface area contributed by atoms with Crippen LogP contribution in [0.2, 0.25) is 0 Å². The van der Waals surface area contributed by atoms with Crippen molar-refractivity contribution in [2.45, 2.75) is 25.4 Å². The van der Waals surface area contributed by atoms with Crippen LogP contribution in [0.15, 0.2) is 36.5 Å². The highest BCUT2D eigenvalue weighted by molar-refractivity contribution is 7.17. The fraction of sp³-hybridized carbons (Fsp3) is 0.304. The normalized spacial score (nSPS) is 18.4. The zero-order chi connectivity index (χ0) is 22.2. The van der Waals surface area contributed by atoms with Crippen LogP contribution in [0, 0.1) is 11.3 Å². The van der Waals surface area contributed by atoms with Crippen molar-refractivity contribution in [1.82, 2.24) is 9.97 Å². The highest BCUT2D eigenvalue weighted by Crippen LogP contribution is 2.34. The van der Waals surface area contributed by atoms with Gasteiger partial charge in [0, 0.05) is 37.0 Å². The number of rotatable bonds is 3. The number of nitrogens with two attached hydrogens (primary N) is 1. The Morgan fingerprint density at radius 3 is 2.84 bits per heavy atom. The Hall–Kier alpha value is -3.51. The molecule has 0 unspecified atom stereocenters. The Morgan fingerprint density at radius 1 is 1.25 bits per heavy atom. The van der Waals surface area contributed by atoms with E-state index in [0.29, 0.717) is 47.7 Å². The van der Waals surface area contributed by atoms with Gasteiger partial charge in [0.05, 0.1) is 23.5 Å². The van der Waals surface area contributed by atoms with Crippen molar-refractivity contribution in [1.29, 1.82) is 5.26 Å². The summed E-state index contributed by atoms with van der Waals surface area (Å²) < 4.78 is 13.7. The molecule has 32 heavy (non-hydrogen) atoms. The molecular formula is C23H21FN6OS. The van der Waals surface area contributed by atoms with Crippen LogP contribution in [0.1, 0.15) is 33.8 Å². The fourth-order valence-corrected chi connectivity index (χ4v) is 5.20. The van der Waals surface area contributed by atoms with E-state index in [2.05, 4.69) is 9.97 Å². The summed E-state index contributed by atoms with van der Waals surface area (Å²) in [6, 6.07) is 10.9. The molecular weight excluding hydrogens is 427 g/mol. The van der Waals surface area contributed by atoms with Gasteiger partial charge in [-0.15, -0.1) is 11.3 Å². The largest absolute Gasteiger partial charge is 0.398 e. The van der Waals surface area contributed by atoms with E-state index >= 15 is 0 Å². The molecule has 0 spiro atoms. The second-order valence-corrected chi connectivity index (χ2v) is 8.97. The molecule has 7 nitrogen and oxygen atoms in total. The van der Waals surface area contributed by atoms with Crippen LogP contribution in [-0.2, 0) is 6.42 Å². The third kappa shape index (κ3) is 3.67. The molecule has 2 aliphatic heterocycles. The van der Waals surface area contributed by atoms with E-state index < -0.39 is 6.17 Å². The number of carbonyl (C=O) groups excluding carboxylic acids is 1. The van der Waals surface area contributed by atoms with Crippen molar-refractivity contribution in [3.63, 3.8) is 0 Å². The summed E-state index contributed by atoms with van der Waals surface area (Å²) >= 11 is 1.35. The van der Waals surface area contributed by atoms with Crippen molar-refractivity contribution in [2.24, 2.45) is 0 Å². The van der Waals surface area contributed by atoms with Crippen LogP contribution >= 0.6 is 11.3 Å². The van der Waals surface area contributed by atoms with Gasteiger partial charge in [0.2, 0.25) is 0 Å². The Balaban J connectivity index is 1.37. The first-order chi connectivity index (χ1) is 15.5. The topological polar surface area (TPSA) is 99.1 Å². The van der Waals surface area contributed by atoms with Crippen LogP contribution in [0.25, 0.3) is 10.6 Å². The average Bonchev–Trinajstić information content (AvgIpc) is 3.25. The Kier molecular flexibility index (Phi) is 5.23. The summed E-state index contributed by atoms with van der Waals surface area (Å²) in [7, 11) is 0. The van der Waals surface area contributed by atoms with Gasteiger partial charge < -0.3 is 15.5 Å². The minimum absolute atomic E-state index is 0.119. The zero-order valence-electron chi connectivity index (χ0n) is 17.3. The molecule has 0 saturated carbocycles. The molecule has 9 heteroatoms. The molecule has 0 radical (unpaired) electrons. The van der Waals surface area contributed by atoms with E-state index in [9.17, 15) is 9.18 Å². The van der Waals surface area contributed by atoms with Crippen LogP contribution in [0.3, 0.4) is 0 Å². The molecule has 0 aliphatic carbocycles. The van der Waals surface area contributed by atoms with Crippen LogP contribution < -0.4 is 15.5 Å². The number of thiazole rings is 1. The maximum absolute atomic E-state index is 13.7. The first-order valence-electron chi connectivity index (χ1n) is 10.5. The summed E-state index contributed by atoms with van der Waals surface area (Å²) in [5, 5.41) is 9.82. The number of amides is 1. The van der Waals surface area contributed by atoms with E-state index in [1.54, 1.807) is 29.3 Å². The Morgan fingerprint density at radius 2 is 2.12 bits per heavy atom. The van der Waals surface area contributed by atoms with Crippen molar-refractivity contribution < 1.29 is 9.18 Å².